The first-order valence-corrected chi connectivity index (χ1v) is 6.26. The van der Waals surface area contributed by atoms with E-state index in [9.17, 15) is 4.79 Å². The summed E-state index contributed by atoms with van der Waals surface area (Å²) in [7, 11) is 0. The minimum Gasteiger partial charge on any atom is -0.486 e. The lowest BCUT2D eigenvalue weighted by Gasteiger charge is -2.19. The Morgan fingerprint density at radius 1 is 1.28 bits per heavy atom. The fourth-order valence-corrected chi connectivity index (χ4v) is 1.78. The highest BCUT2D eigenvalue weighted by molar-refractivity contribution is 5.97. The molecule has 0 aromatic heterocycles. The molecule has 4 nitrogen and oxygen atoms in total. The molecule has 1 unspecified atom stereocenters. The van der Waals surface area contributed by atoms with Crippen LogP contribution in [0.15, 0.2) is 18.2 Å². The molecule has 2 rings (SSSR count). The number of carbonyl (C=O) groups is 1. The van der Waals surface area contributed by atoms with Crippen LogP contribution in [0.5, 0.6) is 11.5 Å². The van der Waals surface area contributed by atoms with Gasteiger partial charge in [0, 0.05) is 18.0 Å². The molecule has 0 bridgehead atoms. The molecule has 1 aromatic carbocycles. The number of ketones is 1. The van der Waals surface area contributed by atoms with Crippen LogP contribution in [0.3, 0.4) is 0 Å². The molecule has 1 atom stereocenters. The summed E-state index contributed by atoms with van der Waals surface area (Å²) in [5.41, 5.74) is 6.55. The standard InChI is InChI=1S/C14H19NO3/c1-9(2)11(15)8-12(16)10-3-4-13-14(7-10)18-6-5-17-13/h3-4,7,9,11H,5-6,8,15H2,1-2H3. The Kier molecular flexibility index (Phi) is 3.87. The van der Waals surface area contributed by atoms with Crippen LogP contribution >= 0.6 is 0 Å². The first kappa shape index (κ1) is 12.9. The van der Waals surface area contributed by atoms with Gasteiger partial charge in [-0.05, 0) is 24.1 Å². The van der Waals surface area contributed by atoms with E-state index in [0.29, 0.717) is 42.6 Å². The van der Waals surface area contributed by atoms with Crippen LogP contribution in [0.25, 0.3) is 0 Å². The molecule has 2 N–H and O–H groups in total. The van der Waals surface area contributed by atoms with E-state index < -0.39 is 0 Å². The van der Waals surface area contributed by atoms with Gasteiger partial charge in [0.15, 0.2) is 17.3 Å². The van der Waals surface area contributed by atoms with Gasteiger partial charge in [0.05, 0.1) is 0 Å². The normalized spacial score (nSPS) is 15.6. The largest absolute Gasteiger partial charge is 0.486 e. The zero-order valence-corrected chi connectivity index (χ0v) is 10.8. The van der Waals surface area contributed by atoms with E-state index in [2.05, 4.69) is 0 Å². The zero-order chi connectivity index (χ0) is 13.1. The maximum atomic E-state index is 12.1. The number of Topliss-reactive ketones (excluding diaryl/α,β-unsaturated/α-hetero) is 1. The average molecular weight is 249 g/mol. The number of rotatable bonds is 4. The van der Waals surface area contributed by atoms with Crippen molar-refractivity contribution in [1.82, 2.24) is 0 Å². The van der Waals surface area contributed by atoms with Gasteiger partial charge < -0.3 is 15.2 Å². The van der Waals surface area contributed by atoms with Crippen molar-refractivity contribution >= 4 is 5.78 Å². The molecule has 0 fully saturated rings. The van der Waals surface area contributed by atoms with Gasteiger partial charge in [-0.25, -0.2) is 0 Å². The number of ether oxygens (including phenoxy) is 2. The van der Waals surface area contributed by atoms with Crippen LogP contribution in [0.1, 0.15) is 30.6 Å². The molecule has 0 saturated heterocycles. The summed E-state index contributed by atoms with van der Waals surface area (Å²) in [4.78, 5) is 12.1. The fraction of sp³-hybridized carbons (Fsp3) is 0.500. The number of carbonyl (C=O) groups excluding carboxylic acids is 1. The SMILES string of the molecule is CC(C)C(N)CC(=O)c1ccc2c(c1)OCCO2. The monoisotopic (exact) mass is 249 g/mol. The minimum atomic E-state index is -0.106. The predicted molar refractivity (Wildman–Crippen MR) is 69.2 cm³/mol. The molecule has 0 aliphatic carbocycles. The lowest BCUT2D eigenvalue weighted by atomic mass is 9.96. The van der Waals surface area contributed by atoms with Crippen LogP contribution < -0.4 is 15.2 Å². The van der Waals surface area contributed by atoms with E-state index in [4.69, 9.17) is 15.2 Å². The van der Waals surface area contributed by atoms with Crippen molar-refractivity contribution in [3.63, 3.8) is 0 Å². The third-order valence-electron chi connectivity index (χ3n) is 3.14. The summed E-state index contributed by atoms with van der Waals surface area (Å²) in [6.07, 6.45) is 0.358. The second-order valence-corrected chi connectivity index (χ2v) is 4.89. The smallest absolute Gasteiger partial charge is 0.164 e. The van der Waals surface area contributed by atoms with E-state index in [1.54, 1.807) is 18.2 Å². The number of nitrogens with two attached hydrogens (primary N) is 1. The molecular formula is C14H19NO3. The highest BCUT2D eigenvalue weighted by atomic mass is 16.6. The number of hydrogen-bond acceptors (Lipinski definition) is 4. The lowest BCUT2D eigenvalue weighted by Crippen LogP contribution is -2.29. The molecule has 18 heavy (non-hydrogen) atoms. The summed E-state index contributed by atoms with van der Waals surface area (Å²) in [6.45, 7) is 5.11. The van der Waals surface area contributed by atoms with Crippen molar-refractivity contribution < 1.29 is 14.3 Å². The third kappa shape index (κ3) is 2.82. The van der Waals surface area contributed by atoms with E-state index in [1.807, 2.05) is 13.8 Å². The van der Waals surface area contributed by atoms with Crippen LogP contribution in [-0.2, 0) is 0 Å². The Bertz CT molecular complexity index is 443. The van der Waals surface area contributed by atoms with Crippen molar-refractivity contribution in [3.05, 3.63) is 23.8 Å². The zero-order valence-electron chi connectivity index (χ0n) is 10.8. The van der Waals surface area contributed by atoms with Crippen molar-refractivity contribution in [1.29, 1.82) is 0 Å². The molecule has 4 heteroatoms. The quantitative estimate of drug-likeness (QED) is 0.829. The fourth-order valence-electron chi connectivity index (χ4n) is 1.78. The Labute approximate surface area is 107 Å². The van der Waals surface area contributed by atoms with Crippen molar-refractivity contribution in [2.24, 2.45) is 11.7 Å². The maximum Gasteiger partial charge on any atom is 0.164 e. The summed E-state index contributed by atoms with van der Waals surface area (Å²) in [5.74, 6) is 1.69. The number of benzene rings is 1. The molecule has 0 saturated carbocycles. The molecule has 1 aliphatic heterocycles. The number of hydrogen-bond donors (Lipinski definition) is 1. The van der Waals surface area contributed by atoms with Crippen molar-refractivity contribution in [3.8, 4) is 11.5 Å². The Balaban J connectivity index is 2.11. The highest BCUT2D eigenvalue weighted by Gasteiger charge is 2.18. The van der Waals surface area contributed by atoms with Crippen molar-refractivity contribution in [2.75, 3.05) is 13.2 Å². The second-order valence-electron chi connectivity index (χ2n) is 4.89. The van der Waals surface area contributed by atoms with Gasteiger partial charge in [-0.2, -0.15) is 0 Å². The van der Waals surface area contributed by atoms with Gasteiger partial charge >= 0.3 is 0 Å². The topological polar surface area (TPSA) is 61.6 Å². The highest BCUT2D eigenvalue weighted by Crippen LogP contribution is 2.31. The predicted octanol–water partition coefficient (Wildman–Crippen LogP) is 2.01. The van der Waals surface area contributed by atoms with Gasteiger partial charge in [0.2, 0.25) is 0 Å². The molecule has 1 aromatic rings. The molecule has 0 radical (unpaired) electrons. The molecule has 0 amide bonds. The molecule has 1 heterocycles. The molecule has 1 aliphatic rings. The molecule has 98 valence electrons. The van der Waals surface area contributed by atoms with Gasteiger partial charge in [-0.15, -0.1) is 0 Å². The molecule has 0 spiro atoms. The van der Waals surface area contributed by atoms with Crippen LogP contribution in [-0.4, -0.2) is 25.0 Å². The average Bonchev–Trinajstić information content (AvgIpc) is 2.37. The van der Waals surface area contributed by atoms with E-state index in [-0.39, 0.29) is 11.8 Å². The van der Waals surface area contributed by atoms with Crippen LogP contribution in [0.2, 0.25) is 0 Å². The van der Waals surface area contributed by atoms with Gasteiger partial charge in [0.1, 0.15) is 13.2 Å². The lowest BCUT2D eigenvalue weighted by molar-refractivity contribution is 0.0966. The first-order chi connectivity index (χ1) is 8.58. The van der Waals surface area contributed by atoms with E-state index in [0.717, 1.165) is 0 Å². The Morgan fingerprint density at radius 2 is 1.94 bits per heavy atom. The first-order valence-electron chi connectivity index (χ1n) is 6.26. The Morgan fingerprint density at radius 3 is 2.61 bits per heavy atom. The van der Waals surface area contributed by atoms with Crippen molar-refractivity contribution in [2.45, 2.75) is 26.3 Å². The number of fused-ring (bicyclic) bond motifs is 1. The van der Waals surface area contributed by atoms with Gasteiger partial charge in [-0.3, -0.25) is 4.79 Å². The molecular weight excluding hydrogens is 230 g/mol. The van der Waals surface area contributed by atoms with Crippen LogP contribution in [0, 0.1) is 5.92 Å². The van der Waals surface area contributed by atoms with E-state index >= 15 is 0 Å². The van der Waals surface area contributed by atoms with Crippen LogP contribution in [0.4, 0.5) is 0 Å². The third-order valence-corrected chi connectivity index (χ3v) is 3.14. The van der Waals surface area contributed by atoms with E-state index in [1.165, 1.54) is 0 Å². The minimum absolute atomic E-state index is 0.0492. The maximum absolute atomic E-state index is 12.1. The van der Waals surface area contributed by atoms with Gasteiger partial charge in [0.25, 0.3) is 0 Å². The summed E-state index contributed by atoms with van der Waals surface area (Å²) in [6, 6.07) is 5.18. The summed E-state index contributed by atoms with van der Waals surface area (Å²) >= 11 is 0. The second kappa shape index (κ2) is 5.40. The van der Waals surface area contributed by atoms with Gasteiger partial charge in [-0.1, -0.05) is 13.8 Å². The Hall–Kier alpha value is -1.55. The summed E-state index contributed by atoms with van der Waals surface area (Å²) < 4.78 is 10.9. The summed E-state index contributed by atoms with van der Waals surface area (Å²) in [5, 5.41) is 0.